The fraction of sp³-hybridized carbons (Fsp3) is 0.400. The van der Waals surface area contributed by atoms with Gasteiger partial charge in [-0.3, -0.25) is 0 Å². The third-order valence-corrected chi connectivity index (χ3v) is 1.79. The molecule has 1 N–H and O–H groups in total. The molecule has 0 amide bonds. The number of alkyl halides is 2. The van der Waals surface area contributed by atoms with Gasteiger partial charge in [0.05, 0.1) is 0 Å². The number of aliphatic hydroxyl groups is 1. The van der Waals surface area contributed by atoms with Gasteiger partial charge in [0.25, 0.3) is 6.43 Å². The summed E-state index contributed by atoms with van der Waals surface area (Å²) in [5.41, 5.74) is 0. The largest absolute Gasteiger partial charge is 0.380 e. The molecule has 56 valence electrons. The van der Waals surface area contributed by atoms with Crippen molar-refractivity contribution in [2.24, 2.45) is 0 Å². The molecule has 10 heavy (non-hydrogen) atoms. The third-order valence-electron chi connectivity index (χ3n) is 0.943. The predicted octanol–water partition coefficient (Wildman–Crippen LogP) is 1.44. The van der Waals surface area contributed by atoms with E-state index in [1.54, 1.807) is 5.38 Å². The minimum atomic E-state index is -2.74. The highest BCUT2D eigenvalue weighted by molar-refractivity contribution is 7.09. The molecule has 1 heterocycles. The molecule has 0 aliphatic heterocycles. The van der Waals surface area contributed by atoms with Crippen molar-refractivity contribution in [3.8, 4) is 0 Å². The maximum Gasteiger partial charge on any atom is 0.270 e. The topological polar surface area (TPSA) is 33.1 Å². The zero-order valence-electron chi connectivity index (χ0n) is 4.87. The van der Waals surface area contributed by atoms with Crippen molar-refractivity contribution in [1.29, 1.82) is 0 Å². The van der Waals surface area contributed by atoms with Crippen molar-refractivity contribution >= 4 is 11.3 Å². The molecule has 0 bridgehead atoms. The Bertz CT molecular complexity index is 190. The van der Waals surface area contributed by atoms with E-state index < -0.39 is 12.5 Å². The fourth-order valence-corrected chi connectivity index (χ4v) is 1.11. The van der Waals surface area contributed by atoms with Crippen LogP contribution in [0, 0.1) is 0 Å². The Morgan fingerprint density at radius 3 is 2.70 bits per heavy atom. The summed E-state index contributed by atoms with van der Waals surface area (Å²) < 4.78 is 23.4. The third kappa shape index (κ3) is 1.48. The second kappa shape index (κ2) is 3.03. The minimum Gasteiger partial charge on any atom is -0.380 e. The highest BCUT2D eigenvalue weighted by Gasteiger charge is 2.20. The molecule has 0 aromatic carbocycles. The molecule has 0 saturated carbocycles. The predicted molar refractivity (Wildman–Crippen MR) is 33.1 cm³/mol. The van der Waals surface area contributed by atoms with Crippen LogP contribution >= 0.6 is 11.3 Å². The van der Waals surface area contributed by atoms with E-state index >= 15 is 0 Å². The van der Waals surface area contributed by atoms with Gasteiger partial charge in [0, 0.05) is 11.6 Å². The Balaban J connectivity index is 2.68. The molecule has 1 rings (SSSR count). The Labute approximate surface area is 60.1 Å². The highest BCUT2D eigenvalue weighted by atomic mass is 32.1. The monoisotopic (exact) mass is 165 g/mol. The Kier molecular flexibility index (Phi) is 2.29. The molecule has 0 saturated heterocycles. The Hall–Kier alpha value is -0.550. The number of aromatic nitrogens is 1. The summed E-state index contributed by atoms with van der Waals surface area (Å²) in [5, 5.41) is 10.3. The Morgan fingerprint density at radius 1 is 1.60 bits per heavy atom. The number of halogens is 2. The second-order valence-electron chi connectivity index (χ2n) is 1.65. The molecular formula is C5H5F2NOS. The molecule has 1 aromatic rings. The summed E-state index contributed by atoms with van der Waals surface area (Å²) in [6.07, 6.45) is -3.09. The lowest BCUT2D eigenvalue weighted by molar-refractivity contribution is -0.00588. The summed E-state index contributed by atoms with van der Waals surface area (Å²) >= 11 is 1.02. The molecule has 1 aromatic heterocycles. The first-order valence-corrected chi connectivity index (χ1v) is 3.45. The van der Waals surface area contributed by atoms with Crippen LogP contribution in [0.5, 0.6) is 0 Å². The number of aliphatic hydroxyl groups excluding tert-OH is 1. The summed E-state index contributed by atoms with van der Waals surface area (Å²) in [6.45, 7) is 0. The van der Waals surface area contributed by atoms with Gasteiger partial charge in [-0.25, -0.2) is 13.8 Å². The molecule has 0 spiro atoms. The normalized spacial score (nSPS) is 14.0. The van der Waals surface area contributed by atoms with Gasteiger partial charge in [-0.15, -0.1) is 11.3 Å². The zero-order chi connectivity index (χ0) is 7.56. The maximum absolute atomic E-state index is 11.7. The first-order valence-electron chi connectivity index (χ1n) is 2.57. The fourth-order valence-electron chi connectivity index (χ4n) is 0.488. The number of nitrogens with zero attached hydrogens (tertiary/aromatic N) is 1. The van der Waals surface area contributed by atoms with Crippen LogP contribution in [-0.4, -0.2) is 16.5 Å². The van der Waals surface area contributed by atoms with Crippen LogP contribution in [0.3, 0.4) is 0 Å². The van der Waals surface area contributed by atoms with Crippen LogP contribution in [0.1, 0.15) is 11.1 Å². The standard InChI is InChI=1S/C5H5F2NOS/c6-4(7)3(9)5-8-1-2-10-5/h1-4,9H. The van der Waals surface area contributed by atoms with Crippen molar-refractivity contribution < 1.29 is 13.9 Å². The van der Waals surface area contributed by atoms with E-state index in [4.69, 9.17) is 5.11 Å². The molecule has 0 radical (unpaired) electrons. The van der Waals surface area contributed by atoms with Crippen LogP contribution in [0.2, 0.25) is 0 Å². The summed E-state index contributed by atoms with van der Waals surface area (Å²) in [5.74, 6) is 0. The van der Waals surface area contributed by atoms with E-state index in [0.29, 0.717) is 0 Å². The lowest BCUT2D eigenvalue weighted by Crippen LogP contribution is -2.06. The van der Waals surface area contributed by atoms with Gasteiger partial charge < -0.3 is 5.11 Å². The minimum absolute atomic E-state index is 0.0648. The van der Waals surface area contributed by atoms with E-state index in [0.717, 1.165) is 11.3 Å². The first-order chi connectivity index (χ1) is 4.72. The van der Waals surface area contributed by atoms with Gasteiger partial charge in [0.2, 0.25) is 0 Å². The zero-order valence-corrected chi connectivity index (χ0v) is 5.68. The first kappa shape index (κ1) is 7.56. The number of rotatable bonds is 2. The summed E-state index contributed by atoms with van der Waals surface area (Å²) in [6, 6.07) is 0. The average Bonchev–Trinajstić information content (AvgIpc) is 2.36. The quantitative estimate of drug-likeness (QED) is 0.719. The molecule has 1 unspecified atom stereocenters. The molecule has 0 aliphatic rings. The van der Waals surface area contributed by atoms with Gasteiger partial charge in [-0.05, 0) is 0 Å². The average molecular weight is 165 g/mol. The maximum atomic E-state index is 11.7. The Morgan fingerprint density at radius 2 is 2.30 bits per heavy atom. The summed E-state index contributed by atoms with van der Waals surface area (Å²) in [7, 11) is 0. The van der Waals surface area contributed by atoms with Crippen LogP contribution in [0.4, 0.5) is 8.78 Å². The van der Waals surface area contributed by atoms with Gasteiger partial charge in [-0.2, -0.15) is 0 Å². The van der Waals surface area contributed by atoms with Gasteiger partial charge in [0.15, 0.2) is 6.10 Å². The van der Waals surface area contributed by atoms with Crippen molar-refractivity contribution in [1.82, 2.24) is 4.98 Å². The van der Waals surface area contributed by atoms with Gasteiger partial charge in [-0.1, -0.05) is 0 Å². The van der Waals surface area contributed by atoms with Crippen molar-refractivity contribution in [3.63, 3.8) is 0 Å². The van der Waals surface area contributed by atoms with Crippen molar-refractivity contribution in [3.05, 3.63) is 16.6 Å². The van der Waals surface area contributed by atoms with Crippen molar-refractivity contribution in [2.75, 3.05) is 0 Å². The van der Waals surface area contributed by atoms with E-state index in [9.17, 15) is 8.78 Å². The molecule has 0 fully saturated rings. The molecule has 2 nitrogen and oxygen atoms in total. The van der Waals surface area contributed by atoms with E-state index in [2.05, 4.69) is 4.98 Å². The number of thiazole rings is 1. The number of hydrogen-bond donors (Lipinski definition) is 1. The van der Waals surface area contributed by atoms with Crippen LogP contribution in [-0.2, 0) is 0 Å². The molecule has 1 atom stereocenters. The van der Waals surface area contributed by atoms with Crippen LogP contribution in [0.15, 0.2) is 11.6 Å². The highest BCUT2D eigenvalue weighted by Crippen LogP contribution is 2.21. The second-order valence-corrected chi connectivity index (χ2v) is 2.58. The lowest BCUT2D eigenvalue weighted by Gasteiger charge is -2.03. The molecular weight excluding hydrogens is 160 g/mol. The van der Waals surface area contributed by atoms with E-state index in [-0.39, 0.29) is 5.01 Å². The van der Waals surface area contributed by atoms with Crippen LogP contribution in [0.25, 0.3) is 0 Å². The SMILES string of the molecule is OC(c1nccs1)C(F)F. The van der Waals surface area contributed by atoms with Gasteiger partial charge in [0.1, 0.15) is 5.01 Å². The van der Waals surface area contributed by atoms with Gasteiger partial charge >= 0.3 is 0 Å². The van der Waals surface area contributed by atoms with E-state index in [1.807, 2.05) is 0 Å². The lowest BCUT2D eigenvalue weighted by atomic mass is 10.4. The number of hydrogen-bond acceptors (Lipinski definition) is 3. The molecule has 0 aliphatic carbocycles. The van der Waals surface area contributed by atoms with Crippen molar-refractivity contribution in [2.45, 2.75) is 12.5 Å². The molecule has 5 heteroatoms. The summed E-state index contributed by atoms with van der Waals surface area (Å²) in [4.78, 5) is 3.53. The smallest absolute Gasteiger partial charge is 0.270 e. The van der Waals surface area contributed by atoms with E-state index in [1.165, 1.54) is 6.20 Å². The van der Waals surface area contributed by atoms with Crippen LogP contribution < -0.4 is 0 Å².